The van der Waals surface area contributed by atoms with Crippen molar-refractivity contribution >= 4 is 17.3 Å². The third kappa shape index (κ3) is 1.81. The smallest absolute Gasteiger partial charge is 0.309 e. The third-order valence-corrected chi connectivity index (χ3v) is 3.40. The fraction of sp³-hybridized carbons (Fsp3) is 0.500. The number of rotatable bonds is 2. The normalized spacial score (nSPS) is 27.4. The molecule has 1 N–H and O–H groups in total. The first-order valence-electron chi connectivity index (χ1n) is 4.67. The predicted molar refractivity (Wildman–Crippen MR) is 53.4 cm³/mol. The van der Waals surface area contributed by atoms with Gasteiger partial charge in [0.05, 0.1) is 5.92 Å². The Labute approximate surface area is 86.3 Å². The van der Waals surface area contributed by atoms with Gasteiger partial charge in [-0.2, -0.15) is 0 Å². The van der Waals surface area contributed by atoms with Crippen LogP contribution >= 0.6 is 11.3 Å². The van der Waals surface area contributed by atoms with Gasteiger partial charge in [0, 0.05) is 11.5 Å². The van der Waals surface area contributed by atoms with Crippen LogP contribution in [-0.2, 0) is 9.53 Å². The molecule has 1 fully saturated rings. The Morgan fingerprint density at radius 2 is 2.50 bits per heavy atom. The Morgan fingerprint density at radius 3 is 3.14 bits per heavy atom. The number of thiophene rings is 1. The van der Waals surface area contributed by atoms with Gasteiger partial charge in [0.2, 0.25) is 0 Å². The second kappa shape index (κ2) is 4.11. The first-order chi connectivity index (χ1) is 6.79. The van der Waals surface area contributed by atoms with Crippen LogP contribution in [0.4, 0.5) is 0 Å². The summed E-state index contributed by atoms with van der Waals surface area (Å²) in [5, 5.41) is 11.0. The van der Waals surface area contributed by atoms with Crippen LogP contribution in [0, 0.1) is 5.92 Å². The van der Waals surface area contributed by atoms with Gasteiger partial charge in [0.15, 0.2) is 0 Å². The topological polar surface area (TPSA) is 46.5 Å². The van der Waals surface area contributed by atoms with Gasteiger partial charge in [-0.15, -0.1) is 11.3 Å². The maximum Gasteiger partial charge on any atom is 0.309 e. The zero-order valence-corrected chi connectivity index (χ0v) is 8.50. The minimum Gasteiger partial charge on any atom is -0.481 e. The third-order valence-electron chi connectivity index (χ3n) is 2.46. The van der Waals surface area contributed by atoms with Crippen LogP contribution in [0.25, 0.3) is 0 Å². The van der Waals surface area contributed by atoms with Gasteiger partial charge < -0.3 is 9.84 Å². The lowest BCUT2D eigenvalue weighted by Gasteiger charge is -2.27. The van der Waals surface area contributed by atoms with Crippen LogP contribution in [0.15, 0.2) is 17.5 Å². The minimum absolute atomic E-state index is 0.235. The molecule has 0 aromatic carbocycles. The first kappa shape index (κ1) is 9.68. The monoisotopic (exact) mass is 212 g/mol. The highest BCUT2D eigenvalue weighted by atomic mass is 32.1. The van der Waals surface area contributed by atoms with E-state index in [-0.39, 0.29) is 12.0 Å². The van der Waals surface area contributed by atoms with Crippen LogP contribution in [0.1, 0.15) is 23.8 Å². The Balaban J connectivity index is 2.18. The van der Waals surface area contributed by atoms with Crippen LogP contribution < -0.4 is 0 Å². The van der Waals surface area contributed by atoms with Gasteiger partial charge in [0.25, 0.3) is 0 Å². The molecule has 0 bridgehead atoms. The molecule has 3 nitrogen and oxygen atoms in total. The number of hydrogen-bond acceptors (Lipinski definition) is 3. The molecule has 76 valence electrons. The van der Waals surface area contributed by atoms with Gasteiger partial charge in [-0.3, -0.25) is 4.79 Å². The molecule has 2 heterocycles. The van der Waals surface area contributed by atoms with E-state index in [1.807, 2.05) is 17.5 Å². The number of aliphatic carboxylic acids is 1. The van der Waals surface area contributed by atoms with Crippen LogP contribution in [0.3, 0.4) is 0 Å². The maximum absolute atomic E-state index is 11.0. The summed E-state index contributed by atoms with van der Waals surface area (Å²) < 4.78 is 5.53. The SMILES string of the molecule is O=C(O)C1CCCOC1c1cccs1. The molecule has 0 radical (unpaired) electrons. The summed E-state index contributed by atoms with van der Waals surface area (Å²) in [6.07, 6.45) is 1.33. The van der Waals surface area contributed by atoms with E-state index in [4.69, 9.17) is 9.84 Å². The van der Waals surface area contributed by atoms with E-state index in [0.29, 0.717) is 6.61 Å². The molecule has 0 spiro atoms. The average Bonchev–Trinajstić information content (AvgIpc) is 2.70. The molecule has 0 amide bonds. The van der Waals surface area contributed by atoms with Gasteiger partial charge >= 0.3 is 5.97 Å². The van der Waals surface area contributed by atoms with Crippen LogP contribution in [0.5, 0.6) is 0 Å². The molecule has 4 heteroatoms. The van der Waals surface area contributed by atoms with Gasteiger partial charge in [-0.05, 0) is 24.3 Å². The van der Waals surface area contributed by atoms with Crippen molar-refractivity contribution in [3.8, 4) is 0 Å². The van der Waals surface area contributed by atoms with E-state index in [1.54, 1.807) is 11.3 Å². The van der Waals surface area contributed by atoms with Gasteiger partial charge in [0.1, 0.15) is 6.10 Å². The molecule has 0 aliphatic carbocycles. The van der Waals surface area contributed by atoms with Crippen molar-refractivity contribution in [3.63, 3.8) is 0 Å². The Hall–Kier alpha value is -0.870. The zero-order valence-electron chi connectivity index (χ0n) is 7.68. The number of carboxylic acids is 1. The summed E-state index contributed by atoms with van der Waals surface area (Å²) >= 11 is 1.56. The summed E-state index contributed by atoms with van der Waals surface area (Å²) in [6, 6.07) is 3.87. The van der Waals surface area contributed by atoms with E-state index in [2.05, 4.69) is 0 Å². The lowest BCUT2D eigenvalue weighted by molar-refractivity contribution is -0.151. The molecular weight excluding hydrogens is 200 g/mol. The van der Waals surface area contributed by atoms with Gasteiger partial charge in [-0.25, -0.2) is 0 Å². The van der Waals surface area contributed by atoms with Crippen molar-refractivity contribution in [1.82, 2.24) is 0 Å². The summed E-state index contributed by atoms with van der Waals surface area (Å²) in [5.41, 5.74) is 0. The Bertz CT molecular complexity index is 307. The highest BCUT2D eigenvalue weighted by Crippen LogP contribution is 2.35. The zero-order chi connectivity index (χ0) is 9.97. The van der Waals surface area contributed by atoms with E-state index < -0.39 is 5.97 Å². The second-order valence-electron chi connectivity index (χ2n) is 3.39. The molecule has 1 aliphatic rings. The number of ether oxygens (including phenoxy) is 1. The van der Waals surface area contributed by atoms with Crippen LogP contribution in [-0.4, -0.2) is 17.7 Å². The van der Waals surface area contributed by atoms with Crippen LogP contribution in [0.2, 0.25) is 0 Å². The minimum atomic E-state index is -0.747. The van der Waals surface area contributed by atoms with Crippen molar-refractivity contribution < 1.29 is 14.6 Å². The molecule has 2 rings (SSSR count). The molecule has 1 aromatic heterocycles. The average molecular weight is 212 g/mol. The van der Waals surface area contributed by atoms with E-state index in [0.717, 1.165) is 17.7 Å². The molecule has 2 unspecified atom stereocenters. The Morgan fingerprint density at radius 1 is 1.64 bits per heavy atom. The van der Waals surface area contributed by atoms with Crippen molar-refractivity contribution in [2.45, 2.75) is 18.9 Å². The molecule has 14 heavy (non-hydrogen) atoms. The lowest BCUT2D eigenvalue weighted by Crippen LogP contribution is -2.28. The predicted octanol–water partition coefficient (Wildman–Crippen LogP) is 2.30. The fourth-order valence-electron chi connectivity index (χ4n) is 1.77. The summed E-state index contributed by atoms with van der Waals surface area (Å²) in [4.78, 5) is 12.0. The highest BCUT2D eigenvalue weighted by Gasteiger charge is 2.33. The lowest BCUT2D eigenvalue weighted by atomic mass is 9.93. The standard InChI is InChI=1S/C10H12O3S/c11-10(12)7-3-1-5-13-9(7)8-4-2-6-14-8/h2,4,6-7,9H,1,3,5H2,(H,11,12). The van der Waals surface area contributed by atoms with E-state index in [9.17, 15) is 4.79 Å². The largest absolute Gasteiger partial charge is 0.481 e. The summed E-state index contributed by atoms with van der Waals surface area (Å²) in [7, 11) is 0. The molecule has 1 aliphatic heterocycles. The molecule has 1 saturated heterocycles. The summed E-state index contributed by atoms with van der Waals surface area (Å²) in [5.74, 6) is -1.12. The quantitative estimate of drug-likeness (QED) is 0.818. The molecule has 0 saturated carbocycles. The molecule has 2 atom stereocenters. The van der Waals surface area contributed by atoms with E-state index >= 15 is 0 Å². The molecular formula is C10H12O3S. The molecule has 1 aromatic rings. The van der Waals surface area contributed by atoms with Gasteiger partial charge in [-0.1, -0.05) is 6.07 Å². The van der Waals surface area contributed by atoms with Crippen molar-refractivity contribution in [2.75, 3.05) is 6.61 Å². The second-order valence-corrected chi connectivity index (χ2v) is 4.37. The van der Waals surface area contributed by atoms with Crippen molar-refractivity contribution in [1.29, 1.82) is 0 Å². The first-order valence-corrected chi connectivity index (χ1v) is 5.55. The number of carbonyl (C=O) groups is 1. The number of carboxylic acid groups (broad SMARTS) is 1. The summed E-state index contributed by atoms with van der Waals surface area (Å²) in [6.45, 7) is 0.673. The maximum atomic E-state index is 11.0. The Kier molecular flexibility index (Phi) is 2.84. The van der Waals surface area contributed by atoms with Crippen molar-refractivity contribution in [3.05, 3.63) is 22.4 Å². The van der Waals surface area contributed by atoms with Crippen molar-refractivity contribution in [2.24, 2.45) is 5.92 Å². The van der Waals surface area contributed by atoms with E-state index in [1.165, 1.54) is 0 Å². The fourth-order valence-corrected chi connectivity index (χ4v) is 2.61. The highest BCUT2D eigenvalue weighted by molar-refractivity contribution is 7.10. The number of hydrogen-bond donors (Lipinski definition) is 1.